The number of aromatic amines is 1. The van der Waals surface area contributed by atoms with E-state index < -0.39 is 11.4 Å². The molecule has 1 fully saturated rings. The van der Waals surface area contributed by atoms with Crippen LogP contribution in [0.4, 0.5) is 10.1 Å². The Balaban J connectivity index is 1.81. The van der Waals surface area contributed by atoms with Crippen LogP contribution in [0.15, 0.2) is 35.4 Å². The molecule has 3 aromatic heterocycles. The van der Waals surface area contributed by atoms with Gasteiger partial charge >= 0.3 is 0 Å². The molecule has 5 rings (SSSR count). The summed E-state index contributed by atoms with van der Waals surface area (Å²) in [6, 6.07) is 4.35. The third kappa shape index (κ3) is 2.95. The Bertz CT molecular complexity index is 1310. The first-order valence-electron chi connectivity index (χ1n) is 9.28. The molecule has 29 heavy (non-hydrogen) atoms. The number of benzene rings is 1. The molecule has 0 radical (unpaired) electrons. The van der Waals surface area contributed by atoms with Gasteiger partial charge in [-0.2, -0.15) is 5.10 Å². The van der Waals surface area contributed by atoms with Crippen LogP contribution in [-0.4, -0.2) is 26.4 Å². The number of nitrogens with zero attached hydrogens (tertiary/aromatic N) is 3. The summed E-state index contributed by atoms with van der Waals surface area (Å²) in [7, 11) is 0. The molecule has 1 aliphatic rings. The maximum Gasteiger partial charge on any atom is 0.272 e. The lowest BCUT2D eigenvalue weighted by Gasteiger charge is -2.23. The molecule has 0 aliphatic carbocycles. The summed E-state index contributed by atoms with van der Waals surface area (Å²) in [4.78, 5) is 19.4. The largest absolute Gasteiger partial charge is 0.394 e. The van der Waals surface area contributed by atoms with Crippen LogP contribution in [0.2, 0.25) is 5.02 Å². The molecule has 4 aromatic rings. The van der Waals surface area contributed by atoms with Gasteiger partial charge in [-0.15, -0.1) is 0 Å². The topological polar surface area (TPSA) is 98.8 Å². The second-order valence-electron chi connectivity index (χ2n) is 7.09. The van der Waals surface area contributed by atoms with E-state index in [9.17, 15) is 9.18 Å². The van der Waals surface area contributed by atoms with Gasteiger partial charge in [0.25, 0.3) is 5.56 Å². The lowest BCUT2D eigenvalue weighted by Crippen LogP contribution is -2.19. The molecule has 7 nitrogen and oxygen atoms in total. The predicted molar refractivity (Wildman–Crippen MR) is 109 cm³/mol. The van der Waals surface area contributed by atoms with Crippen molar-refractivity contribution in [3.8, 4) is 11.1 Å². The normalized spacial score (nSPS) is 17.2. The van der Waals surface area contributed by atoms with Crippen molar-refractivity contribution in [3.63, 3.8) is 0 Å². The van der Waals surface area contributed by atoms with Crippen molar-refractivity contribution in [1.29, 1.82) is 0 Å². The molecule has 1 aromatic carbocycles. The Labute approximate surface area is 169 Å². The van der Waals surface area contributed by atoms with Crippen LogP contribution >= 0.6 is 11.6 Å². The number of nitrogens with two attached hydrogens (primary N) is 1. The van der Waals surface area contributed by atoms with Gasteiger partial charge in [-0.05, 0) is 37.5 Å². The number of aromatic nitrogens is 4. The fraction of sp³-hybridized carbons (Fsp3) is 0.250. The molecule has 1 aliphatic heterocycles. The lowest BCUT2D eigenvalue weighted by atomic mass is 9.99. The number of fused-ring (bicyclic) bond motifs is 2. The molecule has 0 saturated carbocycles. The average molecular weight is 414 g/mol. The number of hydrogen-bond donors (Lipinski definition) is 2. The Kier molecular flexibility index (Phi) is 4.25. The molecule has 148 valence electrons. The van der Waals surface area contributed by atoms with Crippen molar-refractivity contribution in [2.45, 2.75) is 25.5 Å². The summed E-state index contributed by atoms with van der Waals surface area (Å²) in [6.45, 7) is 0.643. The number of ether oxygens (including phenoxy) is 1. The maximum atomic E-state index is 14.7. The first-order valence-corrected chi connectivity index (χ1v) is 9.66. The van der Waals surface area contributed by atoms with Gasteiger partial charge in [0.05, 0.1) is 27.8 Å². The van der Waals surface area contributed by atoms with Crippen LogP contribution in [-0.2, 0) is 4.74 Å². The van der Waals surface area contributed by atoms with E-state index >= 15 is 0 Å². The third-order valence-electron chi connectivity index (χ3n) is 5.23. The first kappa shape index (κ1) is 18.1. The second kappa shape index (κ2) is 6.82. The van der Waals surface area contributed by atoms with E-state index in [4.69, 9.17) is 22.1 Å². The van der Waals surface area contributed by atoms with Crippen LogP contribution < -0.4 is 11.3 Å². The lowest BCUT2D eigenvalue weighted by molar-refractivity contribution is -0.0366. The van der Waals surface area contributed by atoms with Crippen molar-refractivity contribution in [1.82, 2.24) is 19.7 Å². The summed E-state index contributed by atoms with van der Waals surface area (Å²) in [6.07, 6.45) is 5.68. The van der Waals surface area contributed by atoms with Crippen LogP contribution in [0.1, 0.15) is 25.5 Å². The molecule has 4 heterocycles. The number of hydrogen-bond acceptors (Lipinski definition) is 5. The summed E-state index contributed by atoms with van der Waals surface area (Å²) in [5.41, 5.74) is 7.83. The first-order chi connectivity index (χ1) is 14.0. The van der Waals surface area contributed by atoms with Crippen LogP contribution in [0, 0.1) is 5.82 Å². The van der Waals surface area contributed by atoms with E-state index in [0.29, 0.717) is 44.7 Å². The number of nitrogen functional groups attached to an aromatic ring is 1. The highest BCUT2D eigenvalue weighted by atomic mass is 35.5. The fourth-order valence-corrected chi connectivity index (χ4v) is 4.06. The Morgan fingerprint density at radius 2 is 2.14 bits per heavy atom. The minimum atomic E-state index is -0.489. The van der Waals surface area contributed by atoms with Crippen LogP contribution in [0.3, 0.4) is 0 Å². The van der Waals surface area contributed by atoms with Gasteiger partial charge in [-0.25, -0.2) is 9.07 Å². The SMILES string of the molecule is Nc1c(-c2cc(F)cc3c2cnn3C2CCCCO2)c2ncc(Cl)cc2[nH]c1=O. The van der Waals surface area contributed by atoms with Gasteiger partial charge in [0.15, 0.2) is 6.23 Å². The molecular weight excluding hydrogens is 397 g/mol. The summed E-state index contributed by atoms with van der Waals surface area (Å²) in [5, 5.41) is 5.48. The highest BCUT2D eigenvalue weighted by Crippen LogP contribution is 2.37. The van der Waals surface area contributed by atoms with Crippen LogP contribution in [0.5, 0.6) is 0 Å². The molecule has 0 amide bonds. The highest BCUT2D eigenvalue weighted by molar-refractivity contribution is 6.31. The van der Waals surface area contributed by atoms with Gasteiger partial charge in [0.1, 0.15) is 11.5 Å². The van der Waals surface area contributed by atoms with E-state index in [1.54, 1.807) is 16.9 Å². The molecular formula is C20H17ClFN5O2. The standard InChI is InChI=1S/C20H17ClFN5O2/c21-10-5-14-19(24-8-10)17(18(23)20(28)26-14)12-6-11(22)7-15-13(12)9-25-27(15)16-3-1-2-4-29-16/h5-9,16H,1-4,23H2,(H,26,28). The fourth-order valence-electron chi connectivity index (χ4n) is 3.90. The molecule has 0 bridgehead atoms. The van der Waals surface area contributed by atoms with Crippen molar-refractivity contribution in [2.75, 3.05) is 12.3 Å². The molecule has 0 spiro atoms. The van der Waals surface area contributed by atoms with E-state index in [1.165, 1.54) is 18.3 Å². The predicted octanol–water partition coefficient (Wildman–Crippen LogP) is 4.01. The van der Waals surface area contributed by atoms with Crippen molar-refractivity contribution >= 4 is 39.2 Å². The minimum absolute atomic E-state index is 0.0408. The Morgan fingerprint density at radius 3 is 2.93 bits per heavy atom. The molecule has 1 atom stereocenters. The van der Waals surface area contributed by atoms with Crippen molar-refractivity contribution < 1.29 is 9.13 Å². The summed E-state index contributed by atoms with van der Waals surface area (Å²) in [5.74, 6) is -0.466. The summed E-state index contributed by atoms with van der Waals surface area (Å²) >= 11 is 6.02. The number of pyridine rings is 2. The van der Waals surface area contributed by atoms with Crippen LogP contribution in [0.25, 0.3) is 33.1 Å². The van der Waals surface area contributed by atoms with Gasteiger partial charge in [-0.3, -0.25) is 9.78 Å². The number of halogens is 2. The van der Waals surface area contributed by atoms with E-state index in [1.807, 2.05) is 0 Å². The monoisotopic (exact) mass is 413 g/mol. The van der Waals surface area contributed by atoms with Crippen molar-refractivity contribution in [2.24, 2.45) is 0 Å². The molecule has 1 unspecified atom stereocenters. The number of nitrogens with one attached hydrogen (secondary N) is 1. The van der Waals surface area contributed by atoms with Gasteiger partial charge in [0, 0.05) is 29.3 Å². The van der Waals surface area contributed by atoms with Gasteiger partial charge < -0.3 is 15.5 Å². The van der Waals surface area contributed by atoms with E-state index in [-0.39, 0.29) is 11.9 Å². The Morgan fingerprint density at radius 1 is 1.28 bits per heavy atom. The zero-order valence-electron chi connectivity index (χ0n) is 15.3. The number of rotatable bonds is 2. The number of anilines is 1. The zero-order valence-corrected chi connectivity index (χ0v) is 16.0. The minimum Gasteiger partial charge on any atom is -0.394 e. The third-order valence-corrected chi connectivity index (χ3v) is 5.44. The quantitative estimate of drug-likeness (QED) is 0.517. The zero-order chi connectivity index (χ0) is 20.1. The van der Waals surface area contributed by atoms with Gasteiger partial charge in [0.2, 0.25) is 0 Å². The van der Waals surface area contributed by atoms with Crippen molar-refractivity contribution in [3.05, 3.63) is 51.8 Å². The second-order valence-corrected chi connectivity index (χ2v) is 7.53. The molecule has 1 saturated heterocycles. The summed E-state index contributed by atoms with van der Waals surface area (Å²) < 4.78 is 22.2. The molecule has 9 heteroatoms. The molecule has 3 N–H and O–H groups in total. The Hall–Kier alpha value is -2.97. The smallest absolute Gasteiger partial charge is 0.272 e. The highest BCUT2D eigenvalue weighted by Gasteiger charge is 2.23. The number of H-pyrrole nitrogens is 1. The van der Waals surface area contributed by atoms with E-state index in [2.05, 4.69) is 15.1 Å². The van der Waals surface area contributed by atoms with Gasteiger partial charge in [-0.1, -0.05) is 11.6 Å². The maximum absolute atomic E-state index is 14.7. The van der Waals surface area contributed by atoms with E-state index in [0.717, 1.165) is 19.3 Å². The average Bonchev–Trinajstić information content (AvgIpc) is 3.13.